The lowest BCUT2D eigenvalue weighted by atomic mass is 9.94. The Bertz CT molecular complexity index is 1730. The zero-order valence-electron chi connectivity index (χ0n) is 27.2. The van der Waals surface area contributed by atoms with Gasteiger partial charge in [-0.1, -0.05) is 36.4 Å². The Morgan fingerprint density at radius 3 is 2.79 bits per heavy atom. The first-order valence-electron chi connectivity index (χ1n) is 16.6. The van der Waals surface area contributed by atoms with Crippen molar-refractivity contribution in [3.05, 3.63) is 88.7 Å². The first kappa shape index (κ1) is 33.2. The molecule has 4 bridgehead atoms. The van der Waals surface area contributed by atoms with Gasteiger partial charge in [-0.05, 0) is 73.8 Å². The fourth-order valence-electron chi connectivity index (χ4n) is 6.39. The number of nitrogens with one attached hydrogen (secondary N) is 3. The van der Waals surface area contributed by atoms with Crippen molar-refractivity contribution in [2.45, 2.75) is 70.5 Å². The Balaban J connectivity index is 1.24. The van der Waals surface area contributed by atoms with Gasteiger partial charge in [-0.3, -0.25) is 23.6 Å². The van der Waals surface area contributed by atoms with Crippen molar-refractivity contribution in [1.82, 2.24) is 30.2 Å². The van der Waals surface area contributed by atoms with E-state index in [1.807, 2.05) is 71.4 Å². The molecule has 2 aliphatic heterocycles. The molecular weight excluding hydrogens is 628 g/mol. The van der Waals surface area contributed by atoms with E-state index in [0.717, 1.165) is 46.7 Å². The molecule has 0 saturated carbocycles. The van der Waals surface area contributed by atoms with Crippen LogP contribution in [0.4, 0.5) is 0 Å². The van der Waals surface area contributed by atoms with Gasteiger partial charge in [0.15, 0.2) is 4.96 Å². The Morgan fingerprint density at radius 1 is 1.10 bits per heavy atom. The van der Waals surface area contributed by atoms with Gasteiger partial charge in [-0.25, -0.2) is 4.98 Å². The number of benzene rings is 2. The minimum absolute atomic E-state index is 0.0471. The summed E-state index contributed by atoms with van der Waals surface area (Å²) in [7, 11) is 0. The molecule has 4 aromatic rings. The topological polar surface area (TPSA) is 134 Å². The van der Waals surface area contributed by atoms with Crippen LogP contribution in [0.3, 0.4) is 0 Å². The van der Waals surface area contributed by atoms with Gasteiger partial charge >= 0.3 is 0 Å². The Morgan fingerprint density at radius 2 is 1.96 bits per heavy atom. The van der Waals surface area contributed by atoms with E-state index in [-0.39, 0.29) is 37.1 Å². The van der Waals surface area contributed by atoms with Gasteiger partial charge in [0, 0.05) is 37.4 Å². The van der Waals surface area contributed by atoms with Crippen molar-refractivity contribution in [2.24, 2.45) is 5.92 Å². The standard InChI is InChI=1S/C36H42N6O5S/c1-24-9-11-29-18-27(24)21-37-34(45)30(12-10-25-6-3-2-4-7-25)40-35(46)31(20-33(44)41-14-5-8-26(22-41)13-16-47-29)39-32(43)19-28-23-42-15-17-48-36(42)38-28/h2-4,6-7,9,11,15,17-18,23,26,30-31H,5,8,10,12-14,16,19-22H2,1H3,(H,37,45)(H,39,43)(H,40,46)/t26?,30-,31-/m0/s1. The number of hydrogen-bond acceptors (Lipinski definition) is 7. The van der Waals surface area contributed by atoms with Crippen molar-refractivity contribution in [3.8, 4) is 5.75 Å². The maximum absolute atomic E-state index is 14.0. The average Bonchev–Trinajstić information content (AvgIpc) is 3.68. The zero-order chi connectivity index (χ0) is 33.5. The smallest absolute Gasteiger partial charge is 0.243 e. The predicted octanol–water partition coefficient (Wildman–Crippen LogP) is 3.58. The summed E-state index contributed by atoms with van der Waals surface area (Å²) in [6.07, 6.45) is 6.89. The second-order valence-corrected chi connectivity index (χ2v) is 13.6. The predicted molar refractivity (Wildman–Crippen MR) is 182 cm³/mol. The first-order valence-corrected chi connectivity index (χ1v) is 17.5. The van der Waals surface area contributed by atoms with E-state index in [9.17, 15) is 19.2 Å². The van der Waals surface area contributed by atoms with E-state index in [1.54, 1.807) is 11.1 Å². The molecule has 0 aliphatic carbocycles. The van der Waals surface area contributed by atoms with Gasteiger partial charge in [0.05, 0.1) is 25.1 Å². The van der Waals surface area contributed by atoms with Crippen LogP contribution in [0, 0.1) is 12.8 Å². The highest BCUT2D eigenvalue weighted by Crippen LogP contribution is 2.23. The minimum Gasteiger partial charge on any atom is -0.494 e. The van der Waals surface area contributed by atoms with Gasteiger partial charge < -0.3 is 25.6 Å². The van der Waals surface area contributed by atoms with E-state index in [2.05, 4.69) is 20.9 Å². The number of nitrogens with zero attached hydrogens (tertiary/aromatic N) is 3. The number of aryl methyl sites for hydroxylation is 2. The number of piperidine rings is 1. The summed E-state index contributed by atoms with van der Waals surface area (Å²) >= 11 is 1.46. The second kappa shape index (κ2) is 15.5. The van der Waals surface area contributed by atoms with Crippen LogP contribution in [0.1, 0.15) is 54.5 Å². The third-order valence-corrected chi connectivity index (χ3v) is 9.92. The molecule has 0 radical (unpaired) electrons. The molecule has 6 rings (SSSR count). The molecular formula is C36H42N6O5S. The largest absolute Gasteiger partial charge is 0.494 e. The summed E-state index contributed by atoms with van der Waals surface area (Å²) in [4.78, 5) is 61.7. The van der Waals surface area contributed by atoms with Crippen LogP contribution >= 0.6 is 11.3 Å². The third kappa shape index (κ3) is 8.60. The number of fused-ring (bicyclic) bond motifs is 5. The molecule has 3 N–H and O–H groups in total. The lowest BCUT2D eigenvalue weighted by molar-refractivity contribution is -0.138. The van der Waals surface area contributed by atoms with E-state index >= 15 is 0 Å². The molecule has 11 nitrogen and oxygen atoms in total. The number of aromatic nitrogens is 2. The van der Waals surface area contributed by atoms with Crippen LogP contribution in [-0.2, 0) is 38.6 Å². The molecule has 1 unspecified atom stereocenters. The summed E-state index contributed by atoms with van der Waals surface area (Å²) in [6.45, 7) is 3.91. The zero-order valence-corrected chi connectivity index (χ0v) is 28.0. The highest BCUT2D eigenvalue weighted by molar-refractivity contribution is 7.15. The van der Waals surface area contributed by atoms with Crippen molar-refractivity contribution in [3.63, 3.8) is 0 Å². The normalized spacial score (nSPS) is 21.1. The maximum Gasteiger partial charge on any atom is 0.243 e. The highest BCUT2D eigenvalue weighted by atomic mass is 32.1. The number of thiazole rings is 1. The van der Waals surface area contributed by atoms with Gasteiger partial charge in [0.25, 0.3) is 0 Å². The molecule has 48 heavy (non-hydrogen) atoms. The number of ether oxygens (including phenoxy) is 1. The summed E-state index contributed by atoms with van der Waals surface area (Å²) in [5.74, 6) is -0.554. The fraction of sp³-hybridized carbons (Fsp3) is 0.417. The molecule has 2 aromatic heterocycles. The second-order valence-electron chi connectivity index (χ2n) is 12.7. The van der Waals surface area contributed by atoms with Gasteiger partial charge in [0.1, 0.15) is 17.8 Å². The number of imidazole rings is 1. The van der Waals surface area contributed by atoms with Crippen LogP contribution in [0.15, 0.2) is 66.3 Å². The summed E-state index contributed by atoms with van der Waals surface area (Å²) in [5.41, 5.74) is 3.53. The molecule has 12 heteroatoms. The molecule has 1 saturated heterocycles. The number of carbonyl (C=O) groups is 4. The van der Waals surface area contributed by atoms with Gasteiger partial charge in [-0.15, -0.1) is 11.3 Å². The lowest BCUT2D eigenvalue weighted by Gasteiger charge is -2.34. The monoisotopic (exact) mass is 670 g/mol. The molecule has 252 valence electrons. The van der Waals surface area contributed by atoms with E-state index < -0.39 is 23.9 Å². The Kier molecular flexibility index (Phi) is 10.7. The van der Waals surface area contributed by atoms with Crippen molar-refractivity contribution in [2.75, 3.05) is 19.7 Å². The van der Waals surface area contributed by atoms with Crippen molar-refractivity contribution >= 4 is 39.9 Å². The van der Waals surface area contributed by atoms with Crippen molar-refractivity contribution in [1.29, 1.82) is 0 Å². The maximum atomic E-state index is 14.0. The summed E-state index contributed by atoms with van der Waals surface area (Å²) in [5, 5.41) is 10.6. The molecule has 2 aliphatic rings. The van der Waals surface area contributed by atoms with Crippen LogP contribution in [-0.4, -0.2) is 69.7 Å². The Hall–Kier alpha value is -4.71. The third-order valence-electron chi connectivity index (χ3n) is 9.15. The number of carbonyl (C=O) groups excluding carboxylic acids is 4. The van der Waals surface area contributed by atoms with E-state index in [4.69, 9.17) is 4.74 Å². The summed E-state index contributed by atoms with van der Waals surface area (Å²) < 4.78 is 7.95. The SMILES string of the molecule is Cc1ccc2cc1CNC(=O)[C@H](CCc1ccccc1)NC(=O)[C@@H](NC(=O)Cc1cn3ccsc3n1)CC(=O)N1CCCC(CCO2)C1. The lowest BCUT2D eigenvalue weighted by Crippen LogP contribution is -2.55. The van der Waals surface area contributed by atoms with Crippen molar-refractivity contribution < 1.29 is 23.9 Å². The van der Waals surface area contributed by atoms with E-state index in [1.165, 1.54) is 11.3 Å². The fourth-order valence-corrected chi connectivity index (χ4v) is 7.10. The summed E-state index contributed by atoms with van der Waals surface area (Å²) in [6, 6.07) is 13.5. The van der Waals surface area contributed by atoms with E-state index in [0.29, 0.717) is 38.2 Å². The van der Waals surface area contributed by atoms with Gasteiger partial charge in [-0.2, -0.15) is 0 Å². The number of rotatable bonds is 6. The highest BCUT2D eigenvalue weighted by Gasteiger charge is 2.32. The van der Waals surface area contributed by atoms with Crippen LogP contribution in [0.5, 0.6) is 5.75 Å². The van der Waals surface area contributed by atoms with Gasteiger partial charge in [0.2, 0.25) is 23.6 Å². The molecule has 2 aromatic carbocycles. The first-order chi connectivity index (χ1) is 23.3. The quantitative estimate of drug-likeness (QED) is 0.287. The molecule has 4 heterocycles. The van der Waals surface area contributed by atoms with Crippen LogP contribution in [0.2, 0.25) is 0 Å². The molecule has 1 fully saturated rings. The van der Waals surface area contributed by atoms with Crippen LogP contribution in [0.25, 0.3) is 4.96 Å². The molecule has 4 amide bonds. The average molecular weight is 671 g/mol. The Labute approximate surface area is 284 Å². The molecule has 3 atom stereocenters. The minimum atomic E-state index is -1.16. The van der Waals surface area contributed by atoms with Crippen LogP contribution < -0.4 is 20.7 Å². The number of amides is 4. The molecule has 0 spiro atoms. The number of hydrogen-bond donors (Lipinski definition) is 3.